The Bertz CT molecular complexity index is 486. The van der Waals surface area contributed by atoms with Crippen molar-refractivity contribution >= 4 is 17.7 Å². The van der Waals surface area contributed by atoms with Crippen LogP contribution in [-0.2, 0) is 4.74 Å². The topological polar surface area (TPSA) is 102 Å². The maximum atomic E-state index is 11.2. The number of nitrogens with zero attached hydrogens (tertiary/aromatic N) is 2. The number of aromatic nitrogens is 2. The molecule has 0 spiro atoms. The van der Waals surface area contributed by atoms with E-state index in [2.05, 4.69) is 20.6 Å². The molecular formula is C14H23N5O2. The third-order valence-electron chi connectivity index (χ3n) is 3.70. The van der Waals surface area contributed by atoms with Crippen molar-refractivity contribution in [2.75, 3.05) is 24.3 Å². The van der Waals surface area contributed by atoms with Gasteiger partial charge < -0.3 is 21.1 Å². The van der Waals surface area contributed by atoms with E-state index in [9.17, 15) is 4.79 Å². The van der Waals surface area contributed by atoms with Crippen LogP contribution < -0.4 is 16.4 Å². The van der Waals surface area contributed by atoms with Crippen molar-refractivity contribution in [2.45, 2.75) is 44.8 Å². The Hall–Kier alpha value is -1.89. The zero-order valence-corrected chi connectivity index (χ0v) is 12.6. The Kier molecular flexibility index (Phi) is 5.32. The average molecular weight is 293 g/mol. The smallest absolute Gasteiger partial charge is 0.254 e. The summed E-state index contributed by atoms with van der Waals surface area (Å²) in [6, 6.07) is 0.339. The molecule has 0 atom stereocenters. The summed E-state index contributed by atoms with van der Waals surface area (Å²) in [6.07, 6.45) is 5.98. The predicted molar refractivity (Wildman–Crippen MR) is 81.4 cm³/mol. The lowest BCUT2D eigenvalue weighted by Crippen LogP contribution is -2.30. The fourth-order valence-electron chi connectivity index (χ4n) is 2.61. The molecule has 2 rings (SSSR count). The van der Waals surface area contributed by atoms with E-state index in [1.54, 1.807) is 7.05 Å². The Morgan fingerprint density at radius 2 is 2.14 bits per heavy atom. The molecule has 1 saturated carbocycles. The summed E-state index contributed by atoms with van der Waals surface area (Å²) >= 11 is 0. The second-order valence-electron chi connectivity index (χ2n) is 5.14. The summed E-state index contributed by atoms with van der Waals surface area (Å²) in [5, 5.41) is 6.18. The number of rotatable bonds is 6. The molecule has 116 valence electrons. The first-order valence-corrected chi connectivity index (χ1v) is 7.36. The molecule has 7 nitrogen and oxygen atoms in total. The van der Waals surface area contributed by atoms with E-state index in [1.165, 1.54) is 6.20 Å². The van der Waals surface area contributed by atoms with E-state index >= 15 is 0 Å². The van der Waals surface area contributed by atoms with Gasteiger partial charge in [0.15, 0.2) is 0 Å². The number of hydrogen-bond donors (Lipinski definition) is 3. The number of carbonyl (C=O) groups excluding carboxylic acids is 1. The molecule has 0 radical (unpaired) electrons. The number of nitrogens with one attached hydrogen (secondary N) is 2. The number of amides is 1. The summed E-state index contributed by atoms with van der Waals surface area (Å²) < 4.78 is 5.64. The van der Waals surface area contributed by atoms with Crippen LogP contribution in [0.5, 0.6) is 0 Å². The molecule has 1 aromatic heterocycles. The third kappa shape index (κ3) is 4.04. The lowest BCUT2D eigenvalue weighted by Gasteiger charge is -2.28. The van der Waals surface area contributed by atoms with E-state index in [0.29, 0.717) is 29.5 Å². The van der Waals surface area contributed by atoms with Crippen LogP contribution >= 0.6 is 0 Å². The van der Waals surface area contributed by atoms with Crippen LogP contribution in [0.4, 0.5) is 11.8 Å². The highest BCUT2D eigenvalue weighted by atomic mass is 16.5. The van der Waals surface area contributed by atoms with Gasteiger partial charge in [-0.05, 0) is 32.6 Å². The van der Waals surface area contributed by atoms with Gasteiger partial charge in [-0.25, -0.2) is 4.98 Å². The zero-order valence-electron chi connectivity index (χ0n) is 12.6. The molecular weight excluding hydrogens is 270 g/mol. The van der Waals surface area contributed by atoms with Gasteiger partial charge in [-0.15, -0.1) is 0 Å². The van der Waals surface area contributed by atoms with Crippen molar-refractivity contribution in [3.05, 3.63) is 11.8 Å². The monoisotopic (exact) mass is 293 g/mol. The van der Waals surface area contributed by atoms with E-state index in [-0.39, 0.29) is 0 Å². The van der Waals surface area contributed by atoms with Crippen molar-refractivity contribution < 1.29 is 9.53 Å². The highest BCUT2D eigenvalue weighted by Crippen LogP contribution is 2.23. The van der Waals surface area contributed by atoms with Gasteiger partial charge in [0.2, 0.25) is 5.95 Å². The minimum Gasteiger partial charge on any atom is -0.379 e. The minimum absolute atomic E-state index is 0.295. The lowest BCUT2D eigenvalue weighted by molar-refractivity contribution is 0.0346. The second kappa shape index (κ2) is 7.21. The normalized spacial score (nSPS) is 21.8. The van der Waals surface area contributed by atoms with Gasteiger partial charge in [-0.1, -0.05) is 0 Å². The summed E-state index contributed by atoms with van der Waals surface area (Å²) in [6.45, 7) is 2.80. The van der Waals surface area contributed by atoms with Gasteiger partial charge in [-0.3, -0.25) is 4.79 Å². The highest BCUT2D eigenvalue weighted by molar-refractivity contribution is 5.97. The molecule has 4 N–H and O–H groups in total. The number of nitrogens with two attached hydrogens (primary N) is 1. The molecule has 21 heavy (non-hydrogen) atoms. The maximum absolute atomic E-state index is 11.2. The van der Waals surface area contributed by atoms with Crippen LogP contribution in [0, 0.1) is 0 Å². The summed E-state index contributed by atoms with van der Waals surface area (Å²) in [5.74, 6) is 0.426. The fraction of sp³-hybridized carbons (Fsp3) is 0.643. The Balaban J connectivity index is 1.96. The maximum Gasteiger partial charge on any atom is 0.254 e. The van der Waals surface area contributed by atoms with Gasteiger partial charge in [0.25, 0.3) is 5.91 Å². The van der Waals surface area contributed by atoms with Crippen molar-refractivity contribution in [2.24, 2.45) is 5.73 Å². The SMILES string of the molecule is CCOC1CCC(Nc2ncc(C(N)=O)c(NC)n2)CC1. The molecule has 0 aliphatic heterocycles. The number of hydrogen-bond acceptors (Lipinski definition) is 6. The molecule has 1 fully saturated rings. The molecule has 7 heteroatoms. The van der Waals surface area contributed by atoms with Gasteiger partial charge in [0.1, 0.15) is 5.82 Å². The number of anilines is 2. The average Bonchev–Trinajstić information content (AvgIpc) is 2.49. The molecule has 1 aromatic rings. The van der Waals surface area contributed by atoms with Crippen LogP contribution in [0.1, 0.15) is 43.0 Å². The van der Waals surface area contributed by atoms with E-state index in [0.717, 1.165) is 32.3 Å². The van der Waals surface area contributed by atoms with Crippen LogP contribution in [0.2, 0.25) is 0 Å². The summed E-state index contributed by atoms with van der Waals surface area (Å²) in [4.78, 5) is 19.7. The van der Waals surface area contributed by atoms with Crippen LogP contribution in [-0.4, -0.2) is 41.7 Å². The van der Waals surface area contributed by atoms with Gasteiger partial charge in [-0.2, -0.15) is 4.98 Å². The van der Waals surface area contributed by atoms with Gasteiger partial charge in [0.05, 0.1) is 11.7 Å². The Labute approximate surface area is 124 Å². The lowest BCUT2D eigenvalue weighted by atomic mass is 9.93. The first-order valence-electron chi connectivity index (χ1n) is 7.36. The second-order valence-corrected chi connectivity index (χ2v) is 5.14. The zero-order chi connectivity index (χ0) is 15.2. The largest absolute Gasteiger partial charge is 0.379 e. The molecule has 0 unspecified atom stereocenters. The first kappa shape index (κ1) is 15.5. The Morgan fingerprint density at radius 1 is 1.43 bits per heavy atom. The molecule has 0 saturated heterocycles. The van der Waals surface area contributed by atoms with Gasteiger partial charge in [0, 0.05) is 25.9 Å². The van der Waals surface area contributed by atoms with Crippen LogP contribution in [0.15, 0.2) is 6.20 Å². The van der Waals surface area contributed by atoms with E-state index < -0.39 is 5.91 Å². The minimum atomic E-state index is -0.539. The molecule has 0 bridgehead atoms. The number of carbonyl (C=O) groups is 1. The highest BCUT2D eigenvalue weighted by Gasteiger charge is 2.22. The van der Waals surface area contributed by atoms with Gasteiger partial charge >= 0.3 is 0 Å². The van der Waals surface area contributed by atoms with Crippen LogP contribution in [0.3, 0.4) is 0 Å². The quantitative estimate of drug-likeness (QED) is 0.732. The number of primary amides is 1. The first-order chi connectivity index (χ1) is 10.1. The molecule has 1 aliphatic carbocycles. The molecule has 1 aliphatic rings. The standard InChI is InChI=1S/C14H23N5O2/c1-3-21-10-6-4-9(5-7-10)18-14-17-8-11(12(15)20)13(16-2)19-14/h8-10H,3-7H2,1-2H3,(H2,15,20)(H2,16,17,18,19). The third-order valence-corrected chi connectivity index (χ3v) is 3.70. The number of ether oxygens (including phenoxy) is 1. The van der Waals surface area contributed by atoms with Crippen molar-refractivity contribution in [3.8, 4) is 0 Å². The Morgan fingerprint density at radius 3 is 2.71 bits per heavy atom. The van der Waals surface area contributed by atoms with Crippen molar-refractivity contribution in [1.82, 2.24) is 9.97 Å². The fourth-order valence-corrected chi connectivity index (χ4v) is 2.61. The molecule has 0 aromatic carbocycles. The molecule has 1 heterocycles. The summed E-state index contributed by atoms with van der Waals surface area (Å²) in [7, 11) is 1.70. The predicted octanol–water partition coefficient (Wildman–Crippen LogP) is 1.38. The van der Waals surface area contributed by atoms with E-state index in [4.69, 9.17) is 10.5 Å². The van der Waals surface area contributed by atoms with E-state index in [1.807, 2.05) is 6.92 Å². The van der Waals surface area contributed by atoms with Crippen molar-refractivity contribution in [3.63, 3.8) is 0 Å². The molecule has 1 amide bonds. The van der Waals surface area contributed by atoms with Crippen molar-refractivity contribution in [1.29, 1.82) is 0 Å². The summed E-state index contributed by atoms with van der Waals surface area (Å²) in [5.41, 5.74) is 5.57. The van der Waals surface area contributed by atoms with Crippen LogP contribution in [0.25, 0.3) is 0 Å².